The number of ether oxygens (including phenoxy) is 1. The summed E-state index contributed by atoms with van der Waals surface area (Å²) >= 11 is 0. The van der Waals surface area contributed by atoms with E-state index in [1.807, 2.05) is 71.3 Å². The van der Waals surface area contributed by atoms with Gasteiger partial charge in [-0.05, 0) is 48.4 Å². The molecule has 0 atom stereocenters. The summed E-state index contributed by atoms with van der Waals surface area (Å²) in [5.74, 6) is 1.50. The molecule has 4 aromatic rings. The predicted octanol–water partition coefficient (Wildman–Crippen LogP) is 4.84. The number of carbonyl (C=O) groups excluding carboxylic acids is 1. The average Bonchev–Trinajstić information content (AvgIpc) is 3.15. The van der Waals surface area contributed by atoms with Crippen LogP contribution in [0.2, 0.25) is 0 Å². The van der Waals surface area contributed by atoms with Gasteiger partial charge in [0, 0.05) is 12.7 Å². The molecule has 0 bridgehead atoms. The van der Waals surface area contributed by atoms with E-state index >= 15 is 0 Å². The van der Waals surface area contributed by atoms with Gasteiger partial charge in [0.25, 0.3) is 0 Å². The van der Waals surface area contributed by atoms with E-state index in [1.54, 1.807) is 11.9 Å². The van der Waals surface area contributed by atoms with Crippen LogP contribution in [0.3, 0.4) is 0 Å². The van der Waals surface area contributed by atoms with Crippen molar-refractivity contribution in [1.29, 1.82) is 0 Å². The summed E-state index contributed by atoms with van der Waals surface area (Å²) < 4.78 is 7.92. The number of hydrogen-bond acceptors (Lipinski definition) is 3. The number of likely N-dealkylation sites (N-methyl/N-ethyl adjacent to an activating group) is 1. The van der Waals surface area contributed by atoms with E-state index in [0.29, 0.717) is 6.61 Å². The quantitative estimate of drug-likeness (QED) is 0.447. The molecule has 1 aromatic heterocycles. The molecule has 0 fully saturated rings. The maximum Gasteiger partial charge on any atom is 0.246 e. The zero-order valence-electron chi connectivity index (χ0n) is 17.3. The van der Waals surface area contributed by atoms with Gasteiger partial charge < -0.3 is 14.2 Å². The zero-order chi connectivity index (χ0) is 20.9. The molecule has 0 aliphatic carbocycles. The molecule has 1 heterocycles. The van der Waals surface area contributed by atoms with Crippen molar-refractivity contribution in [2.24, 2.45) is 0 Å². The van der Waals surface area contributed by atoms with Crippen LogP contribution in [0.25, 0.3) is 11.0 Å². The number of carbonyl (C=O) groups is 1. The average molecular weight is 399 g/mol. The van der Waals surface area contributed by atoms with E-state index in [1.165, 1.54) is 5.56 Å². The Morgan fingerprint density at radius 1 is 0.967 bits per heavy atom. The molecule has 0 saturated heterocycles. The first-order valence-corrected chi connectivity index (χ1v) is 10.1. The number of aromatic nitrogens is 2. The van der Waals surface area contributed by atoms with Crippen molar-refractivity contribution in [1.82, 2.24) is 9.55 Å². The Morgan fingerprint density at radius 2 is 1.67 bits per heavy atom. The van der Waals surface area contributed by atoms with E-state index in [4.69, 9.17) is 9.72 Å². The standard InChI is InChI=1S/C25H25N3O2/c1-3-19-13-15-21(16-14-19)30-18-24-26-22-11-7-8-12-23(22)28(24)17-25(29)27(2)20-9-5-4-6-10-20/h4-16H,3,17-18H2,1-2H3. The number of aryl methyl sites for hydroxylation is 1. The Bertz CT molecular complexity index is 1130. The molecule has 3 aromatic carbocycles. The highest BCUT2D eigenvalue weighted by Gasteiger charge is 2.17. The number of hydrogen-bond donors (Lipinski definition) is 0. The number of fused-ring (bicyclic) bond motifs is 1. The molecule has 0 unspecified atom stereocenters. The van der Waals surface area contributed by atoms with Crippen molar-refractivity contribution in [3.05, 3.63) is 90.3 Å². The lowest BCUT2D eigenvalue weighted by atomic mass is 10.2. The smallest absolute Gasteiger partial charge is 0.246 e. The summed E-state index contributed by atoms with van der Waals surface area (Å²) in [4.78, 5) is 19.4. The number of amides is 1. The minimum Gasteiger partial charge on any atom is -0.486 e. The molecule has 0 radical (unpaired) electrons. The number of benzene rings is 3. The van der Waals surface area contributed by atoms with E-state index < -0.39 is 0 Å². The third kappa shape index (κ3) is 4.20. The van der Waals surface area contributed by atoms with Crippen LogP contribution in [0.15, 0.2) is 78.9 Å². The fraction of sp³-hybridized carbons (Fsp3) is 0.200. The highest BCUT2D eigenvalue weighted by molar-refractivity contribution is 5.93. The Balaban J connectivity index is 1.57. The van der Waals surface area contributed by atoms with Gasteiger partial charge in [-0.1, -0.05) is 49.4 Å². The monoisotopic (exact) mass is 399 g/mol. The first kappa shape index (κ1) is 19.7. The van der Waals surface area contributed by atoms with Gasteiger partial charge in [-0.2, -0.15) is 0 Å². The van der Waals surface area contributed by atoms with Crippen molar-refractivity contribution in [2.45, 2.75) is 26.5 Å². The zero-order valence-corrected chi connectivity index (χ0v) is 17.3. The summed E-state index contributed by atoms with van der Waals surface area (Å²) in [6.07, 6.45) is 0.993. The Kier molecular flexibility index (Phi) is 5.80. The molecule has 5 heteroatoms. The van der Waals surface area contributed by atoms with E-state index in [-0.39, 0.29) is 12.5 Å². The second-order valence-corrected chi connectivity index (χ2v) is 7.18. The van der Waals surface area contributed by atoms with Crippen LogP contribution < -0.4 is 9.64 Å². The highest BCUT2D eigenvalue weighted by Crippen LogP contribution is 2.20. The van der Waals surface area contributed by atoms with Gasteiger partial charge in [-0.3, -0.25) is 4.79 Å². The molecule has 0 saturated carbocycles. The molecular formula is C25H25N3O2. The first-order valence-electron chi connectivity index (χ1n) is 10.1. The van der Waals surface area contributed by atoms with Crippen LogP contribution >= 0.6 is 0 Å². The van der Waals surface area contributed by atoms with Crippen molar-refractivity contribution < 1.29 is 9.53 Å². The van der Waals surface area contributed by atoms with E-state index in [2.05, 4.69) is 19.1 Å². The Hall–Kier alpha value is -3.60. The van der Waals surface area contributed by atoms with Crippen LogP contribution in [-0.2, 0) is 24.4 Å². The van der Waals surface area contributed by atoms with Gasteiger partial charge in [0.2, 0.25) is 5.91 Å². The van der Waals surface area contributed by atoms with Gasteiger partial charge in [-0.25, -0.2) is 4.98 Å². The second kappa shape index (κ2) is 8.82. The lowest BCUT2D eigenvalue weighted by Gasteiger charge is -2.19. The Morgan fingerprint density at radius 3 is 2.40 bits per heavy atom. The van der Waals surface area contributed by atoms with Gasteiger partial charge >= 0.3 is 0 Å². The van der Waals surface area contributed by atoms with E-state index in [0.717, 1.165) is 34.7 Å². The maximum absolute atomic E-state index is 13.0. The summed E-state index contributed by atoms with van der Waals surface area (Å²) in [6, 6.07) is 25.6. The largest absolute Gasteiger partial charge is 0.486 e. The molecule has 0 aliphatic rings. The van der Waals surface area contributed by atoms with Crippen LogP contribution in [-0.4, -0.2) is 22.5 Å². The second-order valence-electron chi connectivity index (χ2n) is 7.18. The summed E-state index contributed by atoms with van der Waals surface area (Å²) in [5.41, 5.74) is 3.91. The number of imidazole rings is 1. The lowest BCUT2D eigenvalue weighted by Crippen LogP contribution is -2.30. The Labute approximate surface area is 176 Å². The SMILES string of the molecule is CCc1ccc(OCc2nc3ccccc3n2CC(=O)N(C)c2ccccc2)cc1. The molecular weight excluding hydrogens is 374 g/mol. The summed E-state index contributed by atoms with van der Waals surface area (Å²) in [6.45, 7) is 2.61. The molecule has 5 nitrogen and oxygen atoms in total. The molecule has 0 N–H and O–H groups in total. The third-order valence-corrected chi connectivity index (χ3v) is 5.24. The number of anilines is 1. The van der Waals surface area contributed by atoms with Crippen molar-refractivity contribution in [3.63, 3.8) is 0 Å². The van der Waals surface area contributed by atoms with E-state index in [9.17, 15) is 4.79 Å². The highest BCUT2D eigenvalue weighted by atomic mass is 16.5. The van der Waals surface area contributed by atoms with Crippen LogP contribution in [0.1, 0.15) is 18.3 Å². The number of para-hydroxylation sites is 3. The van der Waals surface area contributed by atoms with Crippen LogP contribution in [0.5, 0.6) is 5.75 Å². The van der Waals surface area contributed by atoms with Gasteiger partial charge in [0.15, 0.2) is 0 Å². The van der Waals surface area contributed by atoms with Crippen molar-refractivity contribution in [2.75, 3.05) is 11.9 Å². The van der Waals surface area contributed by atoms with Crippen molar-refractivity contribution >= 4 is 22.6 Å². The molecule has 1 amide bonds. The normalized spacial score (nSPS) is 10.9. The van der Waals surface area contributed by atoms with Gasteiger partial charge in [0.05, 0.1) is 11.0 Å². The molecule has 0 spiro atoms. The minimum absolute atomic E-state index is 0.0158. The molecule has 4 rings (SSSR count). The van der Waals surface area contributed by atoms with Crippen LogP contribution in [0.4, 0.5) is 5.69 Å². The topological polar surface area (TPSA) is 47.4 Å². The van der Waals surface area contributed by atoms with Crippen molar-refractivity contribution in [3.8, 4) is 5.75 Å². The lowest BCUT2D eigenvalue weighted by molar-refractivity contribution is -0.118. The fourth-order valence-corrected chi connectivity index (χ4v) is 3.42. The number of nitrogens with zero attached hydrogens (tertiary/aromatic N) is 3. The number of rotatable bonds is 7. The molecule has 0 aliphatic heterocycles. The summed E-state index contributed by atoms with van der Waals surface area (Å²) in [5, 5.41) is 0. The molecule has 152 valence electrons. The molecule has 30 heavy (non-hydrogen) atoms. The fourth-order valence-electron chi connectivity index (χ4n) is 3.42. The van der Waals surface area contributed by atoms with Gasteiger partial charge in [-0.15, -0.1) is 0 Å². The predicted molar refractivity (Wildman–Crippen MR) is 120 cm³/mol. The maximum atomic E-state index is 13.0. The first-order chi connectivity index (χ1) is 14.7. The summed E-state index contributed by atoms with van der Waals surface area (Å²) in [7, 11) is 1.79. The van der Waals surface area contributed by atoms with Gasteiger partial charge in [0.1, 0.15) is 24.7 Å². The third-order valence-electron chi connectivity index (χ3n) is 5.24. The minimum atomic E-state index is -0.0158. The van der Waals surface area contributed by atoms with Crippen LogP contribution in [0, 0.1) is 0 Å².